The first-order valence-corrected chi connectivity index (χ1v) is 10.8. The van der Waals surface area contributed by atoms with Gasteiger partial charge in [-0.05, 0) is 50.2 Å². The van der Waals surface area contributed by atoms with E-state index in [1.54, 1.807) is 19.0 Å². The number of aliphatic imine (C=N–C) groups is 1. The third kappa shape index (κ3) is 4.63. The first-order valence-electron chi connectivity index (χ1n) is 10.8. The number of aromatic nitrogens is 3. The van der Waals surface area contributed by atoms with E-state index in [0.717, 1.165) is 50.3 Å². The van der Waals surface area contributed by atoms with Crippen LogP contribution in [0.2, 0.25) is 0 Å². The molecule has 2 atom stereocenters. The number of benzene rings is 1. The van der Waals surface area contributed by atoms with Gasteiger partial charge in [-0.3, -0.25) is 4.79 Å². The molecule has 0 fully saturated rings. The number of nitrogens with zero attached hydrogens (tertiary/aromatic N) is 5. The Labute approximate surface area is 177 Å². The van der Waals surface area contributed by atoms with Gasteiger partial charge in [-0.1, -0.05) is 24.3 Å². The van der Waals surface area contributed by atoms with Gasteiger partial charge in [0.25, 0.3) is 0 Å². The maximum Gasteiger partial charge on any atom is 0.243 e. The number of nitrogens with one attached hydrogen (secondary N) is 2. The lowest BCUT2D eigenvalue weighted by molar-refractivity contribution is -0.127. The van der Waals surface area contributed by atoms with Crippen LogP contribution in [-0.2, 0) is 24.2 Å². The summed E-state index contributed by atoms with van der Waals surface area (Å²) in [6, 6.07) is 8.94. The second kappa shape index (κ2) is 8.85. The summed E-state index contributed by atoms with van der Waals surface area (Å²) in [6.45, 7) is 2.93. The topological polar surface area (TPSA) is 87.4 Å². The van der Waals surface area contributed by atoms with E-state index in [-0.39, 0.29) is 24.5 Å². The van der Waals surface area contributed by atoms with Crippen molar-refractivity contribution in [1.82, 2.24) is 30.3 Å². The Morgan fingerprint density at radius 1 is 1.23 bits per heavy atom. The van der Waals surface area contributed by atoms with Crippen LogP contribution in [0.5, 0.6) is 0 Å². The zero-order chi connectivity index (χ0) is 21.1. The SMILES string of the molecule is Cc1nc2n(n1)CCCC2NC(=NCC(=O)N(C)C)NC1CCc2ccccc2C1. The molecule has 1 aromatic carbocycles. The van der Waals surface area contributed by atoms with Crippen LogP contribution in [0.4, 0.5) is 0 Å². The van der Waals surface area contributed by atoms with E-state index in [1.807, 2.05) is 11.6 Å². The highest BCUT2D eigenvalue weighted by molar-refractivity contribution is 5.85. The summed E-state index contributed by atoms with van der Waals surface area (Å²) in [5.74, 6) is 2.39. The van der Waals surface area contributed by atoms with Crippen molar-refractivity contribution in [2.75, 3.05) is 20.6 Å². The number of fused-ring (bicyclic) bond motifs is 2. The zero-order valence-electron chi connectivity index (χ0n) is 18.1. The standard InChI is InChI=1S/C22H31N7O/c1-15-24-21-19(9-6-12-29(21)27-15)26-22(23-14-20(30)28(2)3)25-18-11-10-16-7-4-5-8-17(16)13-18/h4-5,7-8,18-19H,6,9-14H2,1-3H3,(H2,23,25,26). The van der Waals surface area contributed by atoms with E-state index >= 15 is 0 Å². The molecule has 8 nitrogen and oxygen atoms in total. The maximum absolute atomic E-state index is 12.1. The number of likely N-dealkylation sites (N-methyl/N-ethyl adjacent to an activating group) is 1. The van der Waals surface area contributed by atoms with Gasteiger partial charge in [-0.15, -0.1) is 0 Å². The molecule has 0 radical (unpaired) electrons. The van der Waals surface area contributed by atoms with Crippen LogP contribution in [-0.4, -0.2) is 58.2 Å². The molecule has 160 valence electrons. The van der Waals surface area contributed by atoms with Gasteiger partial charge in [0.15, 0.2) is 5.96 Å². The van der Waals surface area contributed by atoms with Gasteiger partial charge in [-0.25, -0.2) is 14.7 Å². The smallest absolute Gasteiger partial charge is 0.243 e. The van der Waals surface area contributed by atoms with E-state index in [9.17, 15) is 4.79 Å². The largest absolute Gasteiger partial charge is 0.353 e. The quantitative estimate of drug-likeness (QED) is 0.592. The van der Waals surface area contributed by atoms with Crippen LogP contribution in [0, 0.1) is 6.92 Å². The molecule has 2 aliphatic rings. The van der Waals surface area contributed by atoms with Gasteiger partial charge in [0.2, 0.25) is 5.91 Å². The highest BCUT2D eigenvalue weighted by Crippen LogP contribution is 2.24. The van der Waals surface area contributed by atoms with Crippen molar-refractivity contribution in [3.05, 3.63) is 47.0 Å². The fourth-order valence-electron chi connectivity index (χ4n) is 4.21. The monoisotopic (exact) mass is 409 g/mol. The summed E-state index contributed by atoms with van der Waals surface area (Å²) in [7, 11) is 3.51. The predicted octanol–water partition coefficient (Wildman–Crippen LogP) is 1.60. The summed E-state index contributed by atoms with van der Waals surface area (Å²) < 4.78 is 1.98. The molecule has 0 saturated carbocycles. The molecule has 1 aromatic heterocycles. The molecule has 0 spiro atoms. The van der Waals surface area contributed by atoms with Crippen LogP contribution < -0.4 is 10.6 Å². The molecular weight excluding hydrogens is 378 g/mol. The Bertz CT molecular complexity index is 933. The van der Waals surface area contributed by atoms with Crippen LogP contribution in [0.15, 0.2) is 29.3 Å². The Kier molecular flexibility index (Phi) is 6.01. The third-order valence-electron chi connectivity index (χ3n) is 5.85. The molecule has 2 heterocycles. The van der Waals surface area contributed by atoms with Crippen molar-refractivity contribution in [3.63, 3.8) is 0 Å². The Balaban J connectivity index is 1.50. The summed E-state index contributed by atoms with van der Waals surface area (Å²) in [6.07, 6.45) is 5.05. The van der Waals surface area contributed by atoms with Crippen LogP contribution in [0.3, 0.4) is 0 Å². The molecule has 8 heteroatoms. The van der Waals surface area contributed by atoms with Crippen LogP contribution >= 0.6 is 0 Å². The Morgan fingerprint density at radius 3 is 2.83 bits per heavy atom. The van der Waals surface area contributed by atoms with E-state index in [1.165, 1.54) is 11.1 Å². The van der Waals surface area contributed by atoms with Crippen LogP contribution in [0.1, 0.15) is 48.1 Å². The average Bonchev–Trinajstić information content (AvgIpc) is 3.12. The van der Waals surface area contributed by atoms with Crippen molar-refractivity contribution < 1.29 is 4.79 Å². The predicted molar refractivity (Wildman–Crippen MR) is 116 cm³/mol. The minimum atomic E-state index is -0.0206. The molecule has 0 bridgehead atoms. The van der Waals surface area contributed by atoms with Crippen molar-refractivity contribution in [3.8, 4) is 0 Å². The highest BCUT2D eigenvalue weighted by Gasteiger charge is 2.26. The lowest BCUT2D eigenvalue weighted by Gasteiger charge is -2.30. The maximum atomic E-state index is 12.1. The molecule has 30 heavy (non-hydrogen) atoms. The second-order valence-corrected chi connectivity index (χ2v) is 8.39. The first-order chi connectivity index (χ1) is 14.5. The molecular formula is C22H31N7O. The lowest BCUT2D eigenvalue weighted by Crippen LogP contribution is -2.48. The highest BCUT2D eigenvalue weighted by atomic mass is 16.2. The Hall–Kier alpha value is -2.90. The molecule has 0 saturated heterocycles. The molecule has 1 amide bonds. The minimum absolute atomic E-state index is 0.0206. The molecule has 1 aliphatic carbocycles. The van der Waals surface area contributed by atoms with E-state index in [0.29, 0.717) is 5.96 Å². The van der Waals surface area contributed by atoms with Crippen LogP contribution in [0.25, 0.3) is 0 Å². The lowest BCUT2D eigenvalue weighted by atomic mass is 9.88. The first kappa shape index (κ1) is 20.4. The molecule has 4 rings (SSSR count). The van der Waals surface area contributed by atoms with E-state index < -0.39 is 0 Å². The number of carbonyl (C=O) groups is 1. The fraction of sp³-hybridized carbons (Fsp3) is 0.545. The van der Waals surface area contributed by atoms with Gasteiger partial charge in [0.1, 0.15) is 18.2 Å². The van der Waals surface area contributed by atoms with Gasteiger partial charge in [0.05, 0.1) is 6.04 Å². The average molecular weight is 410 g/mol. The van der Waals surface area contributed by atoms with Gasteiger partial charge in [0, 0.05) is 26.7 Å². The summed E-state index contributed by atoms with van der Waals surface area (Å²) in [4.78, 5) is 22.9. The molecule has 1 aliphatic heterocycles. The normalized spacial score (nSPS) is 20.8. The zero-order valence-corrected chi connectivity index (χ0v) is 18.1. The van der Waals surface area contributed by atoms with Crippen molar-refractivity contribution in [1.29, 1.82) is 0 Å². The van der Waals surface area contributed by atoms with Gasteiger partial charge < -0.3 is 15.5 Å². The second-order valence-electron chi connectivity index (χ2n) is 8.39. The summed E-state index contributed by atoms with van der Waals surface area (Å²) in [5.41, 5.74) is 2.82. The minimum Gasteiger partial charge on any atom is -0.353 e. The number of guanidine groups is 1. The number of hydrogen-bond acceptors (Lipinski definition) is 4. The Morgan fingerprint density at radius 2 is 2.03 bits per heavy atom. The fourth-order valence-corrected chi connectivity index (χ4v) is 4.21. The number of rotatable bonds is 4. The van der Waals surface area contributed by atoms with Crippen molar-refractivity contribution in [2.24, 2.45) is 4.99 Å². The third-order valence-corrected chi connectivity index (χ3v) is 5.85. The number of aryl methyl sites for hydroxylation is 3. The summed E-state index contributed by atoms with van der Waals surface area (Å²) >= 11 is 0. The number of carbonyl (C=O) groups excluding carboxylic acids is 1. The molecule has 2 unspecified atom stereocenters. The van der Waals surface area contributed by atoms with Crippen molar-refractivity contribution >= 4 is 11.9 Å². The van der Waals surface area contributed by atoms with E-state index in [4.69, 9.17) is 0 Å². The molecule has 2 N–H and O–H groups in total. The number of amides is 1. The van der Waals surface area contributed by atoms with Gasteiger partial charge in [-0.2, -0.15) is 5.10 Å². The summed E-state index contributed by atoms with van der Waals surface area (Å²) in [5, 5.41) is 11.6. The van der Waals surface area contributed by atoms with Crippen molar-refractivity contribution in [2.45, 2.75) is 57.7 Å². The molecule has 2 aromatic rings. The number of hydrogen-bond donors (Lipinski definition) is 2. The van der Waals surface area contributed by atoms with Gasteiger partial charge >= 0.3 is 0 Å². The van der Waals surface area contributed by atoms with E-state index in [2.05, 4.69) is 50.0 Å².